The average Bonchev–Trinajstić information content (AvgIpc) is 2.47. The van der Waals surface area contributed by atoms with Gasteiger partial charge in [0.05, 0.1) is 19.6 Å². The molecule has 2 rings (SSSR count). The first kappa shape index (κ1) is 14.2. The lowest BCUT2D eigenvalue weighted by Crippen LogP contribution is -2.05. The number of ether oxygens (including phenoxy) is 2. The number of hydrogen-bond donors (Lipinski definition) is 2. The van der Waals surface area contributed by atoms with E-state index in [9.17, 15) is 0 Å². The summed E-state index contributed by atoms with van der Waals surface area (Å²) in [6, 6.07) is 3.66. The lowest BCUT2D eigenvalue weighted by Gasteiger charge is -2.16. The molecule has 0 aliphatic carbocycles. The van der Waals surface area contributed by atoms with E-state index in [1.165, 1.54) is 0 Å². The van der Waals surface area contributed by atoms with Crippen molar-refractivity contribution in [1.82, 2.24) is 4.98 Å². The lowest BCUT2D eigenvalue weighted by atomic mass is 10.1. The van der Waals surface area contributed by atoms with E-state index in [-0.39, 0.29) is 0 Å². The number of nitrogens with two attached hydrogens (primary N) is 1. The maximum absolute atomic E-state index is 6.09. The van der Waals surface area contributed by atoms with E-state index in [2.05, 4.69) is 17.2 Å². The van der Waals surface area contributed by atoms with Crippen molar-refractivity contribution in [3.05, 3.63) is 18.3 Å². The van der Waals surface area contributed by atoms with Crippen molar-refractivity contribution < 1.29 is 9.47 Å². The Morgan fingerprint density at radius 2 is 2.10 bits per heavy atom. The van der Waals surface area contributed by atoms with E-state index in [0.717, 1.165) is 36.0 Å². The van der Waals surface area contributed by atoms with Gasteiger partial charge < -0.3 is 20.5 Å². The highest BCUT2D eigenvalue weighted by Crippen LogP contribution is 2.41. The smallest absolute Gasteiger partial charge is 0.172 e. The van der Waals surface area contributed by atoms with Gasteiger partial charge in [0.1, 0.15) is 5.82 Å². The zero-order chi connectivity index (χ0) is 14.5. The highest BCUT2D eigenvalue weighted by Gasteiger charge is 2.16. The number of unbranched alkanes of at least 4 members (excludes halogenated alkanes) is 1. The van der Waals surface area contributed by atoms with Crippen LogP contribution in [0.25, 0.3) is 10.8 Å². The molecule has 0 amide bonds. The Hall–Kier alpha value is -2.17. The van der Waals surface area contributed by atoms with Crippen LogP contribution in [-0.4, -0.2) is 25.7 Å². The van der Waals surface area contributed by atoms with Gasteiger partial charge in [0.2, 0.25) is 0 Å². The van der Waals surface area contributed by atoms with Crippen molar-refractivity contribution in [3.63, 3.8) is 0 Å². The molecule has 108 valence electrons. The number of anilines is 2. The molecule has 0 saturated heterocycles. The summed E-state index contributed by atoms with van der Waals surface area (Å²) in [5.41, 5.74) is 6.74. The Kier molecular flexibility index (Phi) is 4.50. The molecule has 3 N–H and O–H groups in total. The van der Waals surface area contributed by atoms with Crippen LogP contribution in [0, 0.1) is 0 Å². The van der Waals surface area contributed by atoms with E-state index in [1.54, 1.807) is 26.5 Å². The maximum atomic E-state index is 6.09. The van der Waals surface area contributed by atoms with Crippen LogP contribution in [-0.2, 0) is 0 Å². The fourth-order valence-corrected chi connectivity index (χ4v) is 2.21. The van der Waals surface area contributed by atoms with Crippen LogP contribution < -0.4 is 20.5 Å². The number of pyridine rings is 1. The van der Waals surface area contributed by atoms with Crippen LogP contribution in [0.1, 0.15) is 19.8 Å². The second kappa shape index (κ2) is 6.32. The van der Waals surface area contributed by atoms with Crippen molar-refractivity contribution in [2.75, 3.05) is 31.8 Å². The molecule has 5 nitrogen and oxygen atoms in total. The molecular formula is C15H21N3O2. The third kappa shape index (κ3) is 2.57. The normalized spacial score (nSPS) is 10.6. The second-order valence-corrected chi connectivity index (χ2v) is 4.56. The van der Waals surface area contributed by atoms with Gasteiger partial charge in [-0.25, -0.2) is 4.98 Å². The van der Waals surface area contributed by atoms with E-state index in [1.807, 2.05) is 6.07 Å². The van der Waals surface area contributed by atoms with Crippen LogP contribution in [0.4, 0.5) is 11.5 Å². The number of rotatable bonds is 6. The van der Waals surface area contributed by atoms with Crippen LogP contribution >= 0.6 is 0 Å². The fourth-order valence-electron chi connectivity index (χ4n) is 2.21. The maximum Gasteiger partial charge on any atom is 0.172 e. The van der Waals surface area contributed by atoms with Crippen molar-refractivity contribution in [3.8, 4) is 11.5 Å². The molecule has 1 heterocycles. The van der Waals surface area contributed by atoms with Gasteiger partial charge >= 0.3 is 0 Å². The molecule has 0 radical (unpaired) electrons. The summed E-state index contributed by atoms with van der Waals surface area (Å²) in [7, 11) is 3.22. The number of aromatic nitrogens is 1. The summed E-state index contributed by atoms with van der Waals surface area (Å²) >= 11 is 0. The topological polar surface area (TPSA) is 69.4 Å². The highest BCUT2D eigenvalue weighted by atomic mass is 16.5. The summed E-state index contributed by atoms with van der Waals surface area (Å²) in [5.74, 6) is 2.05. The average molecular weight is 275 g/mol. The van der Waals surface area contributed by atoms with E-state index < -0.39 is 0 Å². The minimum absolute atomic E-state index is 0.615. The number of fused-ring (bicyclic) bond motifs is 1. The number of nitrogens with zero attached hydrogens (tertiary/aromatic N) is 1. The molecule has 1 aromatic carbocycles. The minimum Gasteiger partial charge on any atom is -0.493 e. The quantitative estimate of drug-likeness (QED) is 0.626. The van der Waals surface area contributed by atoms with Crippen LogP contribution in [0.5, 0.6) is 11.5 Å². The molecule has 0 saturated carbocycles. The predicted molar refractivity (Wildman–Crippen MR) is 82.7 cm³/mol. The molecule has 0 bridgehead atoms. The molecule has 0 aliphatic heterocycles. The van der Waals surface area contributed by atoms with Gasteiger partial charge in [0.15, 0.2) is 11.5 Å². The molecule has 2 aromatic rings. The number of hydrogen-bond acceptors (Lipinski definition) is 5. The lowest BCUT2D eigenvalue weighted by molar-refractivity contribution is 0.359. The van der Waals surface area contributed by atoms with Gasteiger partial charge in [-0.05, 0) is 12.5 Å². The minimum atomic E-state index is 0.615. The highest BCUT2D eigenvalue weighted by molar-refractivity contribution is 6.05. The summed E-state index contributed by atoms with van der Waals surface area (Å²) in [4.78, 5) is 4.40. The van der Waals surface area contributed by atoms with E-state index in [0.29, 0.717) is 17.2 Å². The van der Waals surface area contributed by atoms with Crippen molar-refractivity contribution in [2.24, 2.45) is 0 Å². The molecule has 1 aromatic heterocycles. The van der Waals surface area contributed by atoms with E-state index >= 15 is 0 Å². The zero-order valence-electron chi connectivity index (χ0n) is 12.2. The Balaban J connectivity index is 2.60. The van der Waals surface area contributed by atoms with Crippen molar-refractivity contribution in [1.29, 1.82) is 0 Å². The SMILES string of the molecule is CCCCNc1nccc2c(N)cc(OC)c(OC)c12. The first-order valence-electron chi connectivity index (χ1n) is 6.76. The van der Waals surface area contributed by atoms with Gasteiger partial charge in [0, 0.05) is 29.9 Å². The Labute approximate surface area is 119 Å². The summed E-state index contributed by atoms with van der Waals surface area (Å²) in [6.07, 6.45) is 3.96. The van der Waals surface area contributed by atoms with Gasteiger partial charge in [-0.15, -0.1) is 0 Å². The van der Waals surface area contributed by atoms with Gasteiger partial charge in [-0.3, -0.25) is 0 Å². The molecule has 0 aliphatic rings. The summed E-state index contributed by atoms with van der Waals surface area (Å²) in [6.45, 7) is 3.02. The first-order chi connectivity index (χ1) is 9.72. The summed E-state index contributed by atoms with van der Waals surface area (Å²) < 4.78 is 10.8. The molecule has 0 spiro atoms. The van der Waals surface area contributed by atoms with Crippen molar-refractivity contribution in [2.45, 2.75) is 19.8 Å². The van der Waals surface area contributed by atoms with Crippen LogP contribution in [0.2, 0.25) is 0 Å². The fraction of sp³-hybridized carbons (Fsp3) is 0.400. The van der Waals surface area contributed by atoms with Gasteiger partial charge in [-0.1, -0.05) is 13.3 Å². The number of methoxy groups -OCH3 is 2. The Bertz CT molecular complexity index is 599. The predicted octanol–water partition coefficient (Wildman–Crippen LogP) is 3.05. The second-order valence-electron chi connectivity index (χ2n) is 4.56. The molecule has 0 fully saturated rings. The Morgan fingerprint density at radius 1 is 1.30 bits per heavy atom. The number of benzene rings is 1. The van der Waals surface area contributed by atoms with Gasteiger partial charge in [-0.2, -0.15) is 0 Å². The van der Waals surface area contributed by atoms with Crippen molar-refractivity contribution >= 4 is 22.3 Å². The van der Waals surface area contributed by atoms with Crippen LogP contribution in [0.3, 0.4) is 0 Å². The van der Waals surface area contributed by atoms with Crippen LogP contribution in [0.15, 0.2) is 18.3 Å². The molecule has 0 unspecified atom stereocenters. The molecule has 20 heavy (non-hydrogen) atoms. The largest absolute Gasteiger partial charge is 0.493 e. The Morgan fingerprint density at radius 3 is 2.75 bits per heavy atom. The number of nitrogens with one attached hydrogen (secondary N) is 1. The van der Waals surface area contributed by atoms with Gasteiger partial charge in [0.25, 0.3) is 0 Å². The zero-order valence-corrected chi connectivity index (χ0v) is 12.2. The van der Waals surface area contributed by atoms with E-state index in [4.69, 9.17) is 15.2 Å². The molecule has 5 heteroatoms. The monoisotopic (exact) mass is 275 g/mol. The molecule has 0 atom stereocenters. The third-order valence-corrected chi connectivity index (χ3v) is 3.25. The number of nitrogen functional groups attached to an aromatic ring is 1. The molecular weight excluding hydrogens is 254 g/mol. The first-order valence-corrected chi connectivity index (χ1v) is 6.76. The summed E-state index contributed by atoms with van der Waals surface area (Å²) in [5, 5.41) is 5.12. The third-order valence-electron chi connectivity index (χ3n) is 3.25. The standard InChI is InChI=1S/C15H21N3O2/c1-4-5-7-17-15-13-10(6-8-18-15)11(16)9-12(19-2)14(13)20-3/h6,8-9H,4-5,7,16H2,1-3H3,(H,17,18).